The molecule has 0 bridgehead atoms. The number of hydrogen-bond donors (Lipinski definition) is 1. The maximum atomic E-state index is 10.8. The molecule has 0 saturated heterocycles. The maximum Gasteiger partial charge on any atom is 0.0993 e. The number of nitrogens with zero attached hydrogens (tertiary/aromatic N) is 2. The van der Waals surface area contributed by atoms with Gasteiger partial charge in [-0.3, -0.25) is 4.98 Å². The molecule has 1 fully saturated rings. The largest absolute Gasteiger partial charge is 0.387 e. The lowest BCUT2D eigenvalue weighted by molar-refractivity contribution is 0.00788. The van der Waals surface area contributed by atoms with E-state index in [1.54, 1.807) is 12.4 Å². The van der Waals surface area contributed by atoms with Crippen molar-refractivity contribution in [2.45, 2.75) is 59.5 Å². The summed E-state index contributed by atoms with van der Waals surface area (Å²) in [5, 5.41) is 20.5. The Morgan fingerprint density at radius 2 is 2.00 bits per heavy atom. The summed E-state index contributed by atoms with van der Waals surface area (Å²) in [7, 11) is 0. The van der Waals surface area contributed by atoms with Crippen LogP contribution in [-0.4, -0.2) is 10.1 Å². The van der Waals surface area contributed by atoms with Crippen LogP contribution in [0.15, 0.2) is 18.5 Å². The summed E-state index contributed by atoms with van der Waals surface area (Å²) in [5.41, 5.74) is 1.42. The second-order valence-electron chi connectivity index (χ2n) is 7.54. The minimum Gasteiger partial charge on any atom is -0.387 e. The topological polar surface area (TPSA) is 56.9 Å². The molecule has 1 N–H and O–H groups in total. The first-order chi connectivity index (χ1) is 9.80. The normalized spacial score (nSPS) is 27.9. The molecule has 0 aliphatic heterocycles. The molecule has 3 nitrogen and oxygen atoms in total. The molecule has 1 atom stereocenters. The molecule has 114 valence electrons. The number of aryl methyl sites for hydroxylation is 1. The van der Waals surface area contributed by atoms with Crippen LogP contribution in [0.1, 0.15) is 63.7 Å². The molecular formula is C18H26N2O. The third-order valence-electron chi connectivity index (χ3n) is 5.22. The molecule has 1 unspecified atom stereocenters. The average molecular weight is 286 g/mol. The summed E-state index contributed by atoms with van der Waals surface area (Å²) in [6.45, 7) is 8.75. The Morgan fingerprint density at radius 1 is 1.38 bits per heavy atom. The van der Waals surface area contributed by atoms with Crippen molar-refractivity contribution in [3.05, 3.63) is 29.6 Å². The predicted octanol–water partition coefficient (Wildman–Crippen LogP) is 4.17. The number of aromatic nitrogens is 1. The monoisotopic (exact) mass is 286 g/mol. The molecular weight excluding hydrogens is 260 g/mol. The van der Waals surface area contributed by atoms with Crippen LogP contribution < -0.4 is 0 Å². The van der Waals surface area contributed by atoms with Gasteiger partial charge in [0.05, 0.1) is 17.6 Å². The smallest absolute Gasteiger partial charge is 0.0993 e. The predicted molar refractivity (Wildman–Crippen MR) is 83.4 cm³/mol. The Morgan fingerprint density at radius 3 is 2.48 bits per heavy atom. The number of hydrogen-bond acceptors (Lipinski definition) is 3. The number of pyridine rings is 1. The van der Waals surface area contributed by atoms with Gasteiger partial charge in [0.1, 0.15) is 0 Å². The first-order valence-electron chi connectivity index (χ1n) is 7.80. The number of rotatable bonds is 2. The van der Waals surface area contributed by atoms with E-state index in [0.29, 0.717) is 5.92 Å². The Labute approximate surface area is 128 Å². The number of aliphatic hydroxyl groups is 1. The van der Waals surface area contributed by atoms with Crippen LogP contribution in [0.25, 0.3) is 0 Å². The minimum absolute atomic E-state index is 0.275. The molecule has 3 heteroatoms. The van der Waals surface area contributed by atoms with E-state index in [0.717, 1.165) is 36.8 Å². The summed E-state index contributed by atoms with van der Waals surface area (Å²) >= 11 is 0. The third kappa shape index (κ3) is 3.11. The summed E-state index contributed by atoms with van der Waals surface area (Å²) in [6, 6.07) is 4.33. The molecule has 0 aromatic carbocycles. The lowest BCUT2D eigenvalue weighted by Gasteiger charge is -2.42. The van der Waals surface area contributed by atoms with Gasteiger partial charge in [0.25, 0.3) is 0 Å². The van der Waals surface area contributed by atoms with Crippen molar-refractivity contribution in [2.24, 2.45) is 16.7 Å². The van der Waals surface area contributed by atoms with E-state index in [4.69, 9.17) is 0 Å². The Kier molecular flexibility index (Phi) is 4.39. The lowest BCUT2D eigenvalue weighted by Crippen LogP contribution is -2.36. The van der Waals surface area contributed by atoms with Gasteiger partial charge in [-0.15, -0.1) is 0 Å². The van der Waals surface area contributed by atoms with Gasteiger partial charge in [0.2, 0.25) is 0 Å². The maximum absolute atomic E-state index is 10.8. The highest BCUT2D eigenvalue weighted by atomic mass is 16.3. The van der Waals surface area contributed by atoms with Crippen LogP contribution in [0, 0.1) is 35.0 Å². The van der Waals surface area contributed by atoms with Gasteiger partial charge in [0.15, 0.2) is 0 Å². The fourth-order valence-corrected chi connectivity index (χ4v) is 3.51. The van der Waals surface area contributed by atoms with Gasteiger partial charge >= 0.3 is 0 Å². The first-order valence-corrected chi connectivity index (χ1v) is 7.80. The molecule has 1 aliphatic rings. The van der Waals surface area contributed by atoms with Crippen molar-refractivity contribution in [3.8, 4) is 6.07 Å². The van der Waals surface area contributed by atoms with Gasteiger partial charge < -0.3 is 5.11 Å². The van der Waals surface area contributed by atoms with Gasteiger partial charge in [-0.2, -0.15) is 5.26 Å². The van der Waals surface area contributed by atoms with E-state index in [-0.39, 0.29) is 5.41 Å². The molecule has 1 heterocycles. The molecule has 21 heavy (non-hydrogen) atoms. The molecule has 0 amide bonds. The van der Waals surface area contributed by atoms with Crippen molar-refractivity contribution in [2.75, 3.05) is 0 Å². The molecule has 1 aromatic rings. The molecule has 0 spiro atoms. The van der Waals surface area contributed by atoms with E-state index in [1.165, 1.54) is 0 Å². The Balaban J connectivity index is 2.21. The standard InChI is InChI=1S/C18H26N2O/c1-13-7-10-20-11-15(13)16(21)18(12-19)8-5-14(6-9-18)17(2,3)4/h7,10-11,14,16,21H,5-6,8-9H2,1-4H3. The van der Waals surface area contributed by atoms with Crippen LogP contribution in [-0.2, 0) is 0 Å². The summed E-state index contributed by atoms with van der Waals surface area (Å²) < 4.78 is 0. The SMILES string of the molecule is Cc1ccncc1C(O)C1(C#N)CCC(C(C)(C)C)CC1. The fourth-order valence-electron chi connectivity index (χ4n) is 3.51. The summed E-state index contributed by atoms with van der Waals surface area (Å²) in [4.78, 5) is 4.11. The van der Waals surface area contributed by atoms with Gasteiger partial charge in [0, 0.05) is 18.0 Å². The zero-order valence-electron chi connectivity index (χ0n) is 13.6. The third-order valence-corrected chi connectivity index (χ3v) is 5.22. The summed E-state index contributed by atoms with van der Waals surface area (Å²) in [6.07, 6.45) is 6.23. The van der Waals surface area contributed by atoms with Crippen LogP contribution in [0.5, 0.6) is 0 Å². The van der Waals surface area contributed by atoms with Crippen molar-refractivity contribution >= 4 is 0 Å². The number of aliphatic hydroxyl groups excluding tert-OH is 1. The van der Waals surface area contributed by atoms with Crippen LogP contribution in [0.2, 0.25) is 0 Å². The van der Waals surface area contributed by atoms with Crippen molar-refractivity contribution in [1.82, 2.24) is 4.98 Å². The average Bonchev–Trinajstić information content (AvgIpc) is 2.46. The quantitative estimate of drug-likeness (QED) is 0.887. The first kappa shape index (κ1) is 16.0. The zero-order valence-corrected chi connectivity index (χ0v) is 13.6. The van der Waals surface area contributed by atoms with E-state index < -0.39 is 11.5 Å². The number of nitriles is 1. The van der Waals surface area contributed by atoms with Gasteiger partial charge in [-0.1, -0.05) is 20.8 Å². The van der Waals surface area contributed by atoms with Crippen LogP contribution in [0.3, 0.4) is 0 Å². The highest BCUT2D eigenvalue weighted by molar-refractivity contribution is 5.28. The van der Waals surface area contributed by atoms with E-state index >= 15 is 0 Å². The summed E-state index contributed by atoms with van der Waals surface area (Å²) in [5.74, 6) is 0.626. The Hall–Kier alpha value is -1.40. The van der Waals surface area contributed by atoms with Crippen molar-refractivity contribution in [1.29, 1.82) is 5.26 Å². The van der Waals surface area contributed by atoms with Crippen molar-refractivity contribution < 1.29 is 5.11 Å². The second kappa shape index (κ2) is 5.77. The zero-order chi connectivity index (χ0) is 15.7. The minimum atomic E-state index is -0.739. The molecule has 1 aromatic heterocycles. The molecule has 1 aliphatic carbocycles. The lowest BCUT2D eigenvalue weighted by atomic mass is 9.62. The second-order valence-corrected chi connectivity index (χ2v) is 7.54. The molecule has 1 saturated carbocycles. The van der Waals surface area contributed by atoms with Crippen LogP contribution >= 0.6 is 0 Å². The Bertz CT molecular complexity index is 531. The molecule has 0 radical (unpaired) electrons. The van der Waals surface area contributed by atoms with E-state index in [1.807, 2.05) is 13.0 Å². The van der Waals surface area contributed by atoms with Gasteiger partial charge in [-0.25, -0.2) is 0 Å². The van der Waals surface area contributed by atoms with Crippen molar-refractivity contribution in [3.63, 3.8) is 0 Å². The molecule has 2 rings (SSSR count). The van der Waals surface area contributed by atoms with Crippen LogP contribution in [0.4, 0.5) is 0 Å². The highest BCUT2D eigenvalue weighted by Crippen LogP contribution is 2.50. The fraction of sp³-hybridized carbons (Fsp3) is 0.667. The van der Waals surface area contributed by atoms with Gasteiger partial charge in [-0.05, 0) is 55.6 Å². The highest BCUT2D eigenvalue weighted by Gasteiger charge is 2.44. The van der Waals surface area contributed by atoms with E-state index in [9.17, 15) is 10.4 Å². The van der Waals surface area contributed by atoms with E-state index in [2.05, 4.69) is 31.8 Å².